The Morgan fingerprint density at radius 3 is 2.56 bits per heavy atom. The molecule has 0 aromatic heterocycles. The summed E-state index contributed by atoms with van der Waals surface area (Å²) in [5.74, 6) is -0.692. The van der Waals surface area contributed by atoms with E-state index in [4.69, 9.17) is 33.2 Å². The molecule has 7 heteroatoms. The van der Waals surface area contributed by atoms with E-state index in [-0.39, 0.29) is 10.9 Å². The zero-order valence-corrected chi connectivity index (χ0v) is 15.9. The maximum Gasteiger partial charge on any atom is 0.251 e. The molecule has 0 saturated carbocycles. The molecular formula is C20H17Cl2FN2O2. The van der Waals surface area contributed by atoms with Crippen LogP contribution in [0.25, 0.3) is 0 Å². The molecule has 2 aromatic carbocycles. The number of carbonyl (C=O) groups excluding carboxylic acids is 1. The maximum absolute atomic E-state index is 13.3. The van der Waals surface area contributed by atoms with Gasteiger partial charge in [0, 0.05) is 29.3 Å². The van der Waals surface area contributed by atoms with Gasteiger partial charge in [-0.1, -0.05) is 29.3 Å². The van der Waals surface area contributed by atoms with Gasteiger partial charge >= 0.3 is 0 Å². The van der Waals surface area contributed by atoms with Crippen LogP contribution < -0.4 is 5.32 Å². The van der Waals surface area contributed by atoms with Crippen molar-refractivity contribution < 1.29 is 13.9 Å². The molecule has 1 aliphatic heterocycles. The fraction of sp³-hybridized carbons (Fsp3) is 0.300. The van der Waals surface area contributed by atoms with Crippen molar-refractivity contribution in [3.63, 3.8) is 0 Å². The van der Waals surface area contributed by atoms with Crippen LogP contribution in [0.3, 0.4) is 0 Å². The van der Waals surface area contributed by atoms with Gasteiger partial charge in [-0.25, -0.2) is 4.39 Å². The van der Waals surface area contributed by atoms with E-state index in [1.807, 2.05) is 6.07 Å². The minimum atomic E-state index is -0.558. The molecule has 140 valence electrons. The van der Waals surface area contributed by atoms with Crippen molar-refractivity contribution in [2.75, 3.05) is 13.2 Å². The summed E-state index contributed by atoms with van der Waals surface area (Å²) in [4.78, 5) is 12.8. The van der Waals surface area contributed by atoms with Crippen LogP contribution in [0.1, 0.15) is 34.3 Å². The lowest BCUT2D eigenvalue weighted by Crippen LogP contribution is -2.53. The van der Waals surface area contributed by atoms with Gasteiger partial charge in [0.2, 0.25) is 0 Å². The Hall–Kier alpha value is -2.13. The number of nitrogens with zero attached hydrogens (tertiary/aromatic N) is 1. The van der Waals surface area contributed by atoms with Crippen LogP contribution in [-0.2, 0) is 11.2 Å². The molecule has 1 N–H and O–H groups in total. The molecule has 27 heavy (non-hydrogen) atoms. The molecule has 0 bridgehead atoms. The number of carbonyl (C=O) groups is 1. The van der Waals surface area contributed by atoms with Gasteiger partial charge < -0.3 is 10.1 Å². The lowest BCUT2D eigenvalue weighted by molar-refractivity contribution is 0.0359. The second-order valence-corrected chi connectivity index (χ2v) is 7.38. The molecule has 0 aliphatic carbocycles. The smallest absolute Gasteiger partial charge is 0.251 e. The summed E-state index contributed by atoms with van der Waals surface area (Å²) in [6.45, 7) is 1.01. The van der Waals surface area contributed by atoms with Crippen molar-refractivity contribution in [3.05, 3.63) is 69.0 Å². The van der Waals surface area contributed by atoms with Crippen LogP contribution in [-0.4, -0.2) is 24.7 Å². The first-order valence-electron chi connectivity index (χ1n) is 8.46. The van der Waals surface area contributed by atoms with Crippen LogP contribution in [0, 0.1) is 17.1 Å². The van der Waals surface area contributed by atoms with E-state index in [0.717, 1.165) is 5.56 Å². The Kier molecular flexibility index (Phi) is 6.01. The molecule has 0 spiro atoms. The first-order valence-corrected chi connectivity index (χ1v) is 9.22. The molecule has 3 rings (SSSR count). The molecule has 0 atom stereocenters. The highest BCUT2D eigenvalue weighted by Gasteiger charge is 2.35. The summed E-state index contributed by atoms with van der Waals surface area (Å²) in [5.41, 5.74) is 0.886. The largest absolute Gasteiger partial charge is 0.381 e. The average Bonchev–Trinajstić information content (AvgIpc) is 2.65. The van der Waals surface area contributed by atoms with E-state index >= 15 is 0 Å². The Balaban J connectivity index is 1.85. The lowest BCUT2D eigenvalue weighted by atomic mass is 9.83. The monoisotopic (exact) mass is 406 g/mol. The first-order chi connectivity index (χ1) is 12.9. The van der Waals surface area contributed by atoms with Gasteiger partial charge in [0.1, 0.15) is 11.9 Å². The number of nitrogens with one attached hydrogen (secondary N) is 1. The number of amides is 1. The Labute approximate surface area is 166 Å². The van der Waals surface area contributed by atoms with Gasteiger partial charge in [-0.15, -0.1) is 0 Å². The molecule has 1 saturated heterocycles. The molecular weight excluding hydrogens is 390 g/mol. The maximum atomic E-state index is 13.3. The summed E-state index contributed by atoms with van der Waals surface area (Å²) >= 11 is 12.2. The molecule has 1 heterocycles. The minimum absolute atomic E-state index is 0.229. The Bertz CT molecular complexity index is 905. The highest BCUT2D eigenvalue weighted by atomic mass is 35.5. The van der Waals surface area contributed by atoms with Crippen molar-refractivity contribution >= 4 is 29.1 Å². The number of hydrogen-bond donors (Lipinski definition) is 1. The molecule has 2 aromatic rings. The van der Waals surface area contributed by atoms with E-state index in [1.165, 1.54) is 24.3 Å². The molecule has 0 unspecified atom stereocenters. The third kappa shape index (κ3) is 4.59. The zero-order valence-electron chi connectivity index (χ0n) is 14.4. The molecule has 4 nitrogen and oxygen atoms in total. The first kappa shape index (κ1) is 19.6. The van der Waals surface area contributed by atoms with Crippen molar-refractivity contribution in [2.24, 2.45) is 0 Å². The fourth-order valence-electron chi connectivity index (χ4n) is 3.20. The number of nitriles is 1. The molecule has 0 radical (unpaired) electrons. The zero-order chi connectivity index (χ0) is 19.4. The van der Waals surface area contributed by atoms with Crippen molar-refractivity contribution in [1.82, 2.24) is 5.32 Å². The SMILES string of the molecule is N#Cc1ccc(C(=O)NC2(Cc3ccc(F)cc3Cl)CCOCC2)cc1Cl. The van der Waals surface area contributed by atoms with Crippen LogP contribution in [0.15, 0.2) is 36.4 Å². The number of halogens is 3. The van der Waals surface area contributed by atoms with E-state index in [0.29, 0.717) is 48.6 Å². The normalized spacial score (nSPS) is 15.8. The predicted octanol–water partition coefficient (Wildman–Crippen LogP) is 4.53. The van der Waals surface area contributed by atoms with E-state index in [1.54, 1.807) is 12.1 Å². The topological polar surface area (TPSA) is 62.1 Å². The third-order valence-electron chi connectivity index (χ3n) is 4.72. The van der Waals surface area contributed by atoms with Gasteiger partial charge in [0.05, 0.1) is 10.6 Å². The van der Waals surface area contributed by atoms with Gasteiger partial charge in [-0.3, -0.25) is 4.79 Å². The number of benzene rings is 2. The number of hydrogen-bond acceptors (Lipinski definition) is 3. The summed E-state index contributed by atoms with van der Waals surface area (Å²) in [6, 6.07) is 10.8. The Morgan fingerprint density at radius 2 is 1.93 bits per heavy atom. The summed E-state index contributed by atoms with van der Waals surface area (Å²) in [7, 11) is 0. The molecule has 1 fully saturated rings. The number of ether oxygens (including phenoxy) is 1. The van der Waals surface area contributed by atoms with Gasteiger partial charge in [-0.2, -0.15) is 5.26 Å². The number of rotatable bonds is 4. The van der Waals surface area contributed by atoms with E-state index < -0.39 is 11.4 Å². The van der Waals surface area contributed by atoms with Crippen molar-refractivity contribution in [1.29, 1.82) is 5.26 Å². The minimum Gasteiger partial charge on any atom is -0.381 e. The van der Waals surface area contributed by atoms with Crippen molar-refractivity contribution in [3.8, 4) is 6.07 Å². The van der Waals surface area contributed by atoms with Crippen LogP contribution in [0.2, 0.25) is 10.0 Å². The summed E-state index contributed by atoms with van der Waals surface area (Å²) < 4.78 is 18.8. The van der Waals surface area contributed by atoms with E-state index in [9.17, 15) is 9.18 Å². The predicted molar refractivity (Wildman–Crippen MR) is 102 cm³/mol. The Morgan fingerprint density at radius 1 is 1.19 bits per heavy atom. The van der Waals surface area contributed by atoms with Gasteiger partial charge in [-0.05, 0) is 55.2 Å². The molecule has 1 amide bonds. The van der Waals surface area contributed by atoms with E-state index in [2.05, 4.69) is 5.32 Å². The van der Waals surface area contributed by atoms with Crippen molar-refractivity contribution in [2.45, 2.75) is 24.8 Å². The van der Waals surface area contributed by atoms with Crippen LogP contribution >= 0.6 is 23.2 Å². The second-order valence-electron chi connectivity index (χ2n) is 6.57. The highest BCUT2D eigenvalue weighted by molar-refractivity contribution is 6.32. The summed E-state index contributed by atoms with van der Waals surface area (Å²) in [5, 5.41) is 12.6. The molecule has 1 aliphatic rings. The second kappa shape index (κ2) is 8.26. The van der Waals surface area contributed by atoms with Gasteiger partial charge in [0.15, 0.2) is 0 Å². The standard InChI is InChI=1S/C20H17Cl2FN2O2/c21-17-9-13(1-2-15(17)12-24)19(26)25-20(5-7-27-8-6-20)11-14-3-4-16(23)10-18(14)22/h1-4,9-10H,5-8,11H2,(H,25,26). The average molecular weight is 407 g/mol. The summed E-state index contributed by atoms with van der Waals surface area (Å²) in [6.07, 6.45) is 1.68. The highest BCUT2D eigenvalue weighted by Crippen LogP contribution is 2.30. The quantitative estimate of drug-likeness (QED) is 0.811. The fourth-order valence-corrected chi connectivity index (χ4v) is 3.65. The lowest BCUT2D eigenvalue weighted by Gasteiger charge is -2.38. The third-order valence-corrected chi connectivity index (χ3v) is 5.39. The van der Waals surface area contributed by atoms with Crippen LogP contribution in [0.4, 0.5) is 4.39 Å². The van der Waals surface area contributed by atoms with Crippen LogP contribution in [0.5, 0.6) is 0 Å². The van der Waals surface area contributed by atoms with Gasteiger partial charge in [0.25, 0.3) is 5.91 Å².